The Morgan fingerprint density at radius 1 is 0.591 bits per heavy atom. The van der Waals surface area contributed by atoms with E-state index in [0.717, 1.165) is 109 Å². The minimum absolute atomic E-state index is 0.0201. The molecule has 1 saturated heterocycles. The summed E-state index contributed by atoms with van der Waals surface area (Å²) in [4.78, 5) is 12.9. The fourth-order valence-electron chi connectivity index (χ4n) is 7.20. The van der Waals surface area contributed by atoms with E-state index in [1.807, 2.05) is 0 Å². The van der Waals surface area contributed by atoms with Crippen LogP contribution in [0.3, 0.4) is 0 Å². The fourth-order valence-corrected chi connectivity index (χ4v) is 7.71. The number of hydrogen-bond donors (Lipinski definition) is 4. The number of ether oxygens (including phenoxy) is 4. The molecule has 6 atom stereocenters. The highest BCUT2D eigenvalue weighted by Crippen LogP contribution is 2.26. The van der Waals surface area contributed by atoms with Gasteiger partial charge in [-0.3, -0.25) is 9.35 Å². The number of carbonyl (C=O) groups excluding carboxylic acids is 1. The molecular weight excluding hydrogens is 861 g/mol. The molecule has 12 nitrogen and oxygen atoms in total. The normalized spacial score (nSPS) is 20.2. The molecule has 0 aliphatic carbocycles. The molecule has 0 bridgehead atoms. The van der Waals surface area contributed by atoms with Crippen molar-refractivity contribution in [1.29, 1.82) is 0 Å². The van der Waals surface area contributed by atoms with Gasteiger partial charge in [0.2, 0.25) is 0 Å². The largest absolute Gasteiger partial charge is 0.457 e. The lowest BCUT2D eigenvalue weighted by Crippen LogP contribution is -2.60. The first-order valence-corrected chi connectivity index (χ1v) is 26.7. The first kappa shape index (κ1) is 61.3. The summed E-state index contributed by atoms with van der Waals surface area (Å²) < 4.78 is 59.2. The number of aliphatic hydroxyl groups excluding tert-OH is 3. The van der Waals surface area contributed by atoms with E-state index in [0.29, 0.717) is 13.0 Å². The number of hydrogen-bond acceptors (Lipinski definition) is 11. The molecule has 0 aromatic rings. The van der Waals surface area contributed by atoms with E-state index in [-0.39, 0.29) is 19.6 Å². The summed E-state index contributed by atoms with van der Waals surface area (Å²) in [5.41, 5.74) is 0. The number of carbonyl (C=O) groups is 1. The number of unbranched alkanes of at least 4 members (excludes halogenated alkanes) is 16. The van der Waals surface area contributed by atoms with Crippen LogP contribution in [0.25, 0.3) is 0 Å². The Morgan fingerprint density at radius 3 is 1.55 bits per heavy atom. The van der Waals surface area contributed by atoms with Gasteiger partial charge in [-0.15, -0.1) is 0 Å². The third-order valence-corrected chi connectivity index (χ3v) is 11.5. The second-order valence-corrected chi connectivity index (χ2v) is 18.1. The van der Waals surface area contributed by atoms with E-state index in [9.17, 15) is 33.1 Å². The zero-order chi connectivity index (χ0) is 48.2. The second-order valence-electron chi connectivity index (χ2n) is 17.0. The molecule has 1 aliphatic rings. The predicted molar refractivity (Wildman–Crippen MR) is 266 cm³/mol. The average Bonchev–Trinajstić information content (AvgIpc) is 3.29. The van der Waals surface area contributed by atoms with E-state index in [1.165, 1.54) is 44.9 Å². The van der Waals surface area contributed by atoms with E-state index < -0.39 is 59.8 Å². The van der Waals surface area contributed by atoms with Gasteiger partial charge in [0.15, 0.2) is 6.29 Å². The smallest absolute Gasteiger partial charge is 0.397 e. The summed E-state index contributed by atoms with van der Waals surface area (Å²) in [6.45, 7) is 3.81. The third-order valence-electron chi connectivity index (χ3n) is 11.0. The van der Waals surface area contributed by atoms with Gasteiger partial charge in [-0.1, -0.05) is 170 Å². The van der Waals surface area contributed by atoms with Crippen LogP contribution in [0, 0.1) is 0 Å². The summed E-state index contributed by atoms with van der Waals surface area (Å²) in [5, 5.41) is 30.7. The van der Waals surface area contributed by atoms with Crippen LogP contribution in [-0.4, -0.2) is 97.5 Å². The number of aliphatic hydroxyl groups is 3. The maximum atomic E-state index is 12.9. The van der Waals surface area contributed by atoms with Gasteiger partial charge in [0, 0.05) is 13.0 Å². The van der Waals surface area contributed by atoms with Crippen molar-refractivity contribution in [3.8, 4) is 0 Å². The van der Waals surface area contributed by atoms with Crippen molar-refractivity contribution in [3.05, 3.63) is 85.1 Å². The average molecular weight is 951 g/mol. The zero-order valence-corrected chi connectivity index (χ0v) is 41.5. The second kappa shape index (κ2) is 43.6. The van der Waals surface area contributed by atoms with Gasteiger partial charge in [-0.05, 0) is 89.9 Å². The highest BCUT2D eigenvalue weighted by molar-refractivity contribution is 7.80. The van der Waals surface area contributed by atoms with Crippen molar-refractivity contribution >= 4 is 16.4 Å². The van der Waals surface area contributed by atoms with Crippen LogP contribution >= 0.6 is 0 Å². The highest BCUT2D eigenvalue weighted by atomic mass is 32.3. The highest BCUT2D eigenvalue weighted by Gasteiger charge is 2.48. The van der Waals surface area contributed by atoms with Gasteiger partial charge in [0.25, 0.3) is 0 Å². The zero-order valence-electron chi connectivity index (χ0n) is 40.7. The lowest BCUT2D eigenvalue weighted by molar-refractivity contribution is -0.301. The Labute approximate surface area is 400 Å². The third kappa shape index (κ3) is 36.3. The molecule has 66 heavy (non-hydrogen) atoms. The molecule has 4 N–H and O–H groups in total. The molecule has 1 heterocycles. The van der Waals surface area contributed by atoms with Gasteiger partial charge in [-0.2, -0.15) is 8.42 Å². The quantitative estimate of drug-likeness (QED) is 0.0197. The van der Waals surface area contributed by atoms with Gasteiger partial charge in [0.05, 0.1) is 19.8 Å². The van der Waals surface area contributed by atoms with Crippen LogP contribution in [0.2, 0.25) is 0 Å². The SMILES string of the molecule is CC/C=C\C/C=C\C/C=C\C/C=C\C/C=C\C/C=C\CCCCCCCCCOCC(COC1OC(CO)C(O)C(OS(=O)(=O)O)C1O)OC(=O)CCCCCCC/C=C\CCCCCC. The lowest BCUT2D eigenvalue weighted by atomic mass is 9.99. The van der Waals surface area contributed by atoms with Crippen molar-refractivity contribution in [3.63, 3.8) is 0 Å². The molecule has 0 amide bonds. The molecule has 13 heteroatoms. The first-order chi connectivity index (χ1) is 32.1. The Bertz CT molecular complexity index is 1470. The van der Waals surface area contributed by atoms with Crippen LogP contribution in [0.1, 0.15) is 181 Å². The summed E-state index contributed by atoms with van der Waals surface area (Å²) in [6, 6.07) is 0. The lowest BCUT2D eigenvalue weighted by Gasteiger charge is -2.41. The van der Waals surface area contributed by atoms with E-state index >= 15 is 0 Å². The topological polar surface area (TPSA) is 178 Å². The number of allylic oxidation sites excluding steroid dienone is 14. The predicted octanol–water partition coefficient (Wildman–Crippen LogP) is 11.6. The minimum Gasteiger partial charge on any atom is -0.457 e. The Morgan fingerprint density at radius 2 is 1.05 bits per heavy atom. The molecule has 6 unspecified atom stereocenters. The van der Waals surface area contributed by atoms with Gasteiger partial charge < -0.3 is 34.3 Å². The number of rotatable bonds is 43. The van der Waals surface area contributed by atoms with Crippen molar-refractivity contribution < 1.29 is 56.2 Å². The Balaban J connectivity index is 2.35. The maximum Gasteiger partial charge on any atom is 0.397 e. The van der Waals surface area contributed by atoms with Gasteiger partial charge in [0.1, 0.15) is 30.5 Å². The molecular formula is C53H90O12S. The van der Waals surface area contributed by atoms with E-state index in [4.69, 9.17) is 18.9 Å². The minimum atomic E-state index is -5.07. The monoisotopic (exact) mass is 951 g/mol. The molecule has 0 aromatic carbocycles. The summed E-state index contributed by atoms with van der Waals surface area (Å²) in [6.07, 6.45) is 49.0. The van der Waals surface area contributed by atoms with Crippen LogP contribution in [-0.2, 0) is 38.3 Å². The van der Waals surface area contributed by atoms with E-state index in [2.05, 4.69) is 103 Å². The summed E-state index contributed by atoms with van der Waals surface area (Å²) in [5.74, 6) is -0.416. The van der Waals surface area contributed by atoms with Crippen molar-refractivity contribution in [2.75, 3.05) is 26.4 Å². The molecule has 1 rings (SSSR count). The first-order valence-electron chi connectivity index (χ1n) is 25.3. The summed E-state index contributed by atoms with van der Waals surface area (Å²) in [7, 11) is -5.07. The van der Waals surface area contributed by atoms with Crippen molar-refractivity contribution in [2.24, 2.45) is 0 Å². The molecule has 380 valence electrons. The fraction of sp³-hybridized carbons (Fsp3) is 0.717. The van der Waals surface area contributed by atoms with Gasteiger partial charge >= 0.3 is 16.4 Å². The molecule has 0 saturated carbocycles. The standard InChI is InChI=1S/C53H90O12S/c1-3-5-7-9-11-13-15-17-18-19-20-21-22-23-24-25-26-27-28-29-31-33-35-37-39-41-43-61-45-47(46-62-53-51(57)52(65-66(58,59)60)50(56)48(44-54)64-53)63-49(55)42-40-38-36-34-32-30-16-14-12-10-8-6-4-2/h5,7,11,13-14,16-18,20-21,23-24,26-27,47-48,50-54,56-57H,3-4,6,8-10,12,15,19,22,25,28-46H2,1-2H3,(H,58,59,60)/b7-5-,13-11-,16-14-,18-17-,21-20-,24-23-,27-26-. The van der Waals surface area contributed by atoms with Crippen LogP contribution in [0.4, 0.5) is 0 Å². The van der Waals surface area contributed by atoms with Gasteiger partial charge in [-0.25, -0.2) is 4.18 Å². The van der Waals surface area contributed by atoms with Crippen molar-refractivity contribution in [1.82, 2.24) is 0 Å². The van der Waals surface area contributed by atoms with Crippen LogP contribution in [0.5, 0.6) is 0 Å². The maximum absolute atomic E-state index is 12.9. The Kier molecular flexibility index (Phi) is 40.4. The molecule has 1 aliphatic heterocycles. The number of esters is 1. The molecule has 1 fully saturated rings. The molecule has 0 aromatic heterocycles. The van der Waals surface area contributed by atoms with Crippen LogP contribution in [0.15, 0.2) is 85.1 Å². The molecule has 0 spiro atoms. The van der Waals surface area contributed by atoms with E-state index in [1.54, 1.807) is 0 Å². The summed E-state index contributed by atoms with van der Waals surface area (Å²) >= 11 is 0. The van der Waals surface area contributed by atoms with Crippen molar-refractivity contribution in [2.45, 2.75) is 218 Å². The Hall–Kier alpha value is -2.72. The molecule has 0 radical (unpaired) electrons. The van der Waals surface area contributed by atoms with Crippen LogP contribution < -0.4 is 0 Å².